The van der Waals surface area contributed by atoms with Crippen LogP contribution >= 0.6 is 0 Å². The van der Waals surface area contributed by atoms with Gasteiger partial charge in [0.2, 0.25) is 11.9 Å². The minimum absolute atomic E-state index is 0.130. The highest BCUT2D eigenvalue weighted by Crippen LogP contribution is 2.06. The van der Waals surface area contributed by atoms with Crippen LogP contribution in [0.3, 0.4) is 0 Å². The highest BCUT2D eigenvalue weighted by Gasteiger charge is 2.20. The molecular formula is C9H12N4O. The molecule has 1 aromatic heterocycles. The van der Waals surface area contributed by atoms with Gasteiger partial charge in [-0.05, 0) is 12.5 Å². The first-order chi connectivity index (χ1) is 6.84. The Morgan fingerprint density at radius 1 is 1.50 bits per heavy atom. The highest BCUT2D eigenvalue weighted by atomic mass is 16.1. The summed E-state index contributed by atoms with van der Waals surface area (Å²) in [7, 11) is 0. The van der Waals surface area contributed by atoms with Crippen LogP contribution in [0, 0.1) is 0 Å². The fourth-order valence-corrected chi connectivity index (χ4v) is 1.44. The number of carbonyl (C=O) groups is 1. The lowest BCUT2D eigenvalue weighted by atomic mass is 10.2. The van der Waals surface area contributed by atoms with E-state index in [9.17, 15) is 4.79 Å². The number of nitrogens with zero attached hydrogens (tertiary/aromatic N) is 2. The maximum atomic E-state index is 10.9. The molecule has 74 valence electrons. The quantitative estimate of drug-likeness (QED) is 0.716. The second-order valence-corrected chi connectivity index (χ2v) is 3.26. The zero-order valence-electron chi connectivity index (χ0n) is 7.73. The Morgan fingerprint density at radius 3 is 2.93 bits per heavy atom. The minimum atomic E-state index is 0.130. The van der Waals surface area contributed by atoms with Gasteiger partial charge in [-0.25, -0.2) is 9.97 Å². The summed E-state index contributed by atoms with van der Waals surface area (Å²) in [6.07, 6.45) is 4.88. The molecule has 2 heterocycles. The van der Waals surface area contributed by atoms with Gasteiger partial charge in [0, 0.05) is 31.4 Å². The van der Waals surface area contributed by atoms with Crippen LogP contribution in [-0.4, -0.2) is 28.5 Å². The number of aromatic nitrogens is 2. The number of rotatable bonds is 3. The Labute approximate surface area is 82.0 Å². The van der Waals surface area contributed by atoms with E-state index < -0.39 is 0 Å². The van der Waals surface area contributed by atoms with Crippen molar-refractivity contribution in [2.45, 2.75) is 18.9 Å². The molecule has 14 heavy (non-hydrogen) atoms. The van der Waals surface area contributed by atoms with E-state index in [1.54, 1.807) is 18.5 Å². The fraction of sp³-hybridized carbons (Fsp3) is 0.444. The smallest absolute Gasteiger partial charge is 0.222 e. The minimum Gasteiger partial charge on any atom is -0.352 e. The van der Waals surface area contributed by atoms with Gasteiger partial charge in [-0.15, -0.1) is 0 Å². The first-order valence-corrected chi connectivity index (χ1v) is 4.65. The lowest BCUT2D eigenvalue weighted by Crippen LogP contribution is -2.32. The Bertz CT molecular complexity index is 314. The van der Waals surface area contributed by atoms with Crippen molar-refractivity contribution in [1.82, 2.24) is 15.3 Å². The zero-order valence-corrected chi connectivity index (χ0v) is 7.73. The van der Waals surface area contributed by atoms with E-state index in [0.29, 0.717) is 18.9 Å². The van der Waals surface area contributed by atoms with Crippen LogP contribution in [0.15, 0.2) is 18.5 Å². The molecular weight excluding hydrogens is 180 g/mol. The number of nitrogens with one attached hydrogen (secondary N) is 2. The molecule has 2 rings (SSSR count). The first kappa shape index (κ1) is 8.93. The third-order valence-corrected chi connectivity index (χ3v) is 2.16. The highest BCUT2D eigenvalue weighted by molar-refractivity contribution is 5.78. The average molecular weight is 192 g/mol. The number of hydrogen-bond acceptors (Lipinski definition) is 4. The first-order valence-electron chi connectivity index (χ1n) is 4.65. The molecule has 0 saturated carbocycles. The molecule has 1 aliphatic heterocycles. The van der Waals surface area contributed by atoms with Crippen molar-refractivity contribution >= 4 is 11.9 Å². The van der Waals surface area contributed by atoms with Crippen molar-refractivity contribution in [1.29, 1.82) is 0 Å². The standard InChI is InChI=1S/C9H12N4O/c14-8-3-2-7(13-8)6-12-9-10-4-1-5-11-9/h1,4-5,7H,2-3,6H2,(H,13,14)(H,10,11,12). The van der Waals surface area contributed by atoms with Crippen LogP contribution in [0.2, 0.25) is 0 Å². The van der Waals surface area contributed by atoms with Crippen molar-refractivity contribution < 1.29 is 4.79 Å². The van der Waals surface area contributed by atoms with Crippen molar-refractivity contribution in [3.05, 3.63) is 18.5 Å². The summed E-state index contributed by atoms with van der Waals surface area (Å²) in [5.41, 5.74) is 0. The van der Waals surface area contributed by atoms with Crippen molar-refractivity contribution in [2.75, 3.05) is 11.9 Å². The van der Waals surface area contributed by atoms with Crippen molar-refractivity contribution in [2.24, 2.45) is 0 Å². The summed E-state index contributed by atoms with van der Waals surface area (Å²) in [6.45, 7) is 0.690. The van der Waals surface area contributed by atoms with Gasteiger partial charge in [0.25, 0.3) is 0 Å². The molecule has 1 atom stereocenters. The average Bonchev–Trinajstić information content (AvgIpc) is 2.63. The molecule has 5 nitrogen and oxygen atoms in total. The van der Waals surface area contributed by atoms with E-state index in [0.717, 1.165) is 6.42 Å². The molecule has 1 aromatic rings. The Hall–Kier alpha value is -1.65. The predicted octanol–water partition coefficient (Wildman–Crippen LogP) is 0.167. The summed E-state index contributed by atoms with van der Waals surface area (Å²) < 4.78 is 0. The molecule has 1 aliphatic rings. The number of amides is 1. The van der Waals surface area contributed by atoms with E-state index >= 15 is 0 Å². The van der Waals surface area contributed by atoms with Crippen LogP contribution in [0.25, 0.3) is 0 Å². The Balaban J connectivity index is 1.80. The molecule has 0 spiro atoms. The summed E-state index contributed by atoms with van der Waals surface area (Å²) in [6, 6.07) is 1.98. The second kappa shape index (κ2) is 4.04. The molecule has 1 amide bonds. The lowest BCUT2D eigenvalue weighted by molar-refractivity contribution is -0.119. The molecule has 5 heteroatoms. The molecule has 2 N–H and O–H groups in total. The van der Waals surface area contributed by atoms with Crippen LogP contribution in [-0.2, 0) is 4.79 Å². The molecule has 0 radical (unpaired) electrons. The van der Waals surface area contributed by atoms with Gasteiger partial charge < -0.3 is 10.6 Å². The van der Waals surface area contributed by atoms with Crippen LogP contribution in [0.5, 0.6) is 0 Å². The Kier molecular flexibility index (Phi) is 2.58. The summed E-state index contributed by atoms with van der Waals surface area (Å²) in [5.74, 6) is 0.736. The van der Waals surface area contributed by atoms with Crippen molar-refractivity contribution in [3.8, 4) is 0 Å². The Morgan fingerprint density at radius 2 is 2.29 bits per heavy atom. The summed E-state index contributed by atoms with van der Waals surface area (Å²) in [4.78, 5) is 18.9. The molecule has 1 saturated heterocycles. The third-order valence-electron chi connectivity index (χ3n) is 2.16. The van der Waals surface area contributed by atoms with Gasteiger partial charge in [0.05, 0.1) is 0 Å². The van der Waals surface area contributed by atoms with E-state index in [4.69, 9.17) is 0 Å². The molecule has 0 bridgehead atoms. The zero-order chi connectivity index (χ0) is 9.80. The molecule has 1 unspecified atom stereocenters. The molecule has 0 aliphatic carbocycles. The van der Waals surface area contributed by atoms with Crippen LogP contribution in [0.1, 0.15) is 12.8 Å². The number of hydrogen-bond donors (Lipinski definition) is 2. The fourth-order valence-electron chi connectivity index (χ4n) is 1.44. The second-order valence-electron chi connectivity index (χ2n) is 3.26. The maximum absolute atomic E-state index is 10.9. The largest absolute Gasteiger partial charge is 0.352 e. The summed E-state index contributed by atoms with van der Waals surface area (Å²) >= 11 is 0. The van der Waals surface area contributed by atoms with Crippen LogP contribution < -0.4 is 10.6 Å². The topological polar surface area (TPSA) is 66.9 Å². The molecule has 0 aromatic carbocycles. The van der Waals surface area contributed by atoms with E-state index in [-0.39, 0.29) is 11.9 Å². The van der Waals surface area contributed by atoms with E-state index in [2.05, 4.69) is 20.6 Å². The normalized spacial score (nSPS) is 20.6. The SMILES string of the molecule is O=C1CCC(CNc2ncccn2)N1. The van der Waals surface area contributed by atoms with Gasteiger partial charge in [0.15, 0.2) is 0 Å². The number of carbonyl (C=O) groups excluding carboxylic acids is 1. The van der Waals surface area contributed by atoms with Gasteiger partial charge in [-0.2, -0.15) is 0 Å². The van der Waals surface area contributed by atoms with Gasteiger partial charge in [0.1, 0.15) is 0 Å². The molecule has 1 fully saturated rings. The van der Waals surface area contributed by atoms with Crippen LogP contribution in [0.4, 0.5) is 5.95 Å². The monoisotopic (exact) mass is 192 g/mol. The third kappa shape index (κ3) is 2.18. The number of anilines is 1. The van der Waals surface area contributed by atoms with Crippen molar-refractivity contribution in [3.63, 3.8) is 0 Å². The maximum Gasteiger partial charge on any atom is 0.222 e. The lowest BCUT2D eigenvalue weighted by Gasteiger charge is -2.10. The van der Waals surface area contributed by atoms with Gasteiger partial charge in [-0.1, -0.05) is 0 Å². The van der Waals surface area contributed by atoms with E-state index in [1.807, 2.05) is 0 Å². The van der Waals surface area contributed by atoms with Gasteiger partial charge >= 0.3 is 0 Å². The van der Waals surface area contributed by atoms with Gasteiger partial charge in [-0.3, -0.25) is 4.79 Å². The summed E-state index contributed by atoms with van der Waals surface area (Å²) in [5, 5.41) is 5.94. The van der Waals surface area contributed by atoms with E-state index in [1.165, 1.54) is 0 Å². The predicted molar refractivity (Wildman–Crippen MR) is 51.7 cm³/mol.